The highest BCUT2D eigenvalue weighted by Crippen LogP contribution is 2.26. The van der Waals surface area contributed by atoms with Crippen LogP contribution < -0.4 is 10.6 Å². The van der Waals surface area contributed by atoms with E-state index in [-0.39, 0.29) is 18.3 Å². The van der Waals surface area contributed by atoms with E-state index in [1.807, 2.05) is 48.5 Å². The molecule has 5 nitrogen and oxygen atoms in total. The molecule has 2 N–H and O–H groups in total. The normalized spacial score (nSPS) is 17.2. The van der Waals surface area contributed by atoms with Crippen molar-refractivity contribution in [3.8, 4) is 11.1 Å². The molecular formula is C25H27Cl3N4OS. The van der Waals surface area contributed by atoms with Gasteiger partial charge in [-0.05, 0) is 55.0 Å². The number of rotatable bonds is 9. The summed E-state index contributed by atoms with van der Waals surface area (Å²) in [4.78, 5) is 21.0. The molecule has 3 aromatic rings. The number of carbonyl (C=O) groups excluding carboxylic acids is 1. The number of nitrogens with zero attached hydrogens (tertiary/aromatic N) is 2. The fourth-order valence-corrected chi connectivity index (χ4v) is 4.95. The van der Waals surface area contributed by atoms with Crippen LogP contribution in [0.4, 0.5) is 0 Å². The Morgan fingerprint density at radius 2 is 1.82 bits per heavy atom. The largest absolute Gasteiger partial charge is 0.355 e. The first-order chi connectivity index (χ1) is 16.1. The van der Waals surface area contributed by atoms with E-state index < -0.39 is 0 Å². The van der Waals surface area contributed by atoms with E-state index in [0.29, 0.717) is 39.5 Å². The van der Waals surface area contributed by atoms with Crippen molar-refractivity contribution in [2.24, 2.45) is 5.92 Å². The number of benzene rings is 2. The molecule has 0 spiro atoms. The van der Waals surface area contributed by atoms with Crippen LogP contribution in [-0.4, -0.2) is 40.8 Å². The highest BCUT2D eigenvalue weighted by Gasteiger charge is 2.24. The third-order valence-electron chi connectivity index (χ3n) is 5.70. The number of hydrogen-bond donors (Lipinski definition) is 2. The van der Waals surface area contributed by atoms with Gasteiger partial charge in [-0.1, -0.05) is 71.4 Å². The molecule has 34 heavy (non-hydrogen) atoms. The van der Waals surface area contributed by atoms with Crippen LogP contribution in [0.3, 0.4) is 0 Å². The minimum atomic E-state index is 0. The van der Waals surface area contributed by atoms with Crippen LogP contribution in [0, 0.1) is 5.92 Å². The zero-order valence-electron chi connectivity index (χ0n) is 18.5. The van der Waals surface area contributed by atoms with Crippen LogP contribution in [0.15, 0.2) is 66.1 Å². The molecule has 1 aliphatic rings. The molecule has 0 aliphatic carbocycles. The highest BCUT2D eigenvalue weighted by molar-refractivity contribution is 7.99. The third-order valence-corrected chi connectivity index (χ3v) is 7.32. The Kier molecular flexibility index (Phi) is 10.5. The second kappa shape index (κ2) is 13.3. The monoisotopic (exact) mass is 536 g/mol. The minimum Gasteiger partial charge on any atom is -0.355 e. The molecule has 1 aromatic heterocycles. The van der Waals surface area contributed by atoms with E-state index in [4.69, 9.17) is 23.2 Å². The summed E-state index contributed by atoms with van der Waals surface area (Å²) in [5.74, 6) is 0.874. The van der Waals surface area contributed by atoms with Gasteiger partial charge in [-0.2, -0.15) is 0 Å². The van der Waals surface area contributed by atoms with Crippen LogP contribution in [0.2, 0.25) is 10.0 Å². The lowest BCUT2D eigenvalue weighted by atomic mass is 9.96. The third kappa shape index (κ3) is 7.85. The van der Waals surface area contributed by atoms with Gasteiger partial charge in [-0.3, -0.25) is 4.79 Å². The quantitative estimate of drug-likeness (QED) is 0.271. The topological polar surface area (TPSA) is 66.9 Å². The Balaban J connectivity index is 0.00000324. The van der Waals surface area contributed by atoms with Crippen molar-refractivity contribution in [1.29, 1.82) is 0 Å². The van der Waals surface area contributed by atoms with Crippen molar-refractivity contribution >= 4 is 53.3 Å². The van der Waals surface area contributed by atoms with Crippen molar-refractivity contribution in [3.05, 3.63) is 76.5 Å². The molecule has 9 heteroatoms. The summed E-state index contributed by atoms with van der Waals surface area (Å²) in [6.45, 7) is 1.63. The minimum absolute atomic E-state index is 0. The Hall–Kier alpha value is -1.83. The van der Waals surface area contributed by atoms with E-state index in [1.165, 1.54) is 17.3 Å². The van der Waals surface area contributed by atoms with Gasteiger partial charge in [0.25, 0.3) is 0 Å². The number of amides is 1. The molecule has 2 heterocycles. The molecule has 0 bridgehead atoms. The fourth-order valence-electron chi connectivity index (χ4n) is 4.02. The molecular weight excluding hydrogens is 511 g/mol. The molecule has 0 unspecified atom stereocenters. The van der Waals surface area contributed by atoms with Crippen LogP contribution in [0.5, 0.6) is 0 Å². The maximum Gasteiger partial charge on any atom is 0.230 e. The fraction of sp³-hybridized carbons (Fsp3) is 0.320. The second-order valence-corrected chi connectivity index (χ2v) is 9.96. The maximum atomic E-state index is 12.2. The van der Waals surface area contributed by atoms with Crippen LogP contribution in [0.1, 0.15) is 18.4 Å². The molecule has 0 radical (unpaired) electrons. The van der Waals surface area contributed by atoms with Crippen molar-refractivity contribution in [2.45, 2.75) is 30.5 Å². The van der Waals surface area contributed by atoms with Gasteiger partial charge in [0.1, 0.15) is 0 Å². The molecule has 2 aromatic carbocycles. The lowest BCUT2D eigenvalue weighted by molar-refractivity contribution is -0.118. The van der Waals surface area contributed by atoms with E-state index in [9.17, 15) is 4.79 Å². The van der Waals surface area contributed by atoms with Crippen LogP contribution in [0.25, 0.3) is 11.1 Å². The van der Waals surface area contributed by atoms with Gasteiger partial charge in [0.05, 0.1) is 15.8 Å². The van der Waals surface area contributed by atoms with Gasteiger partial charge in [-0.15, -0.1) is 12.4 Å². The first-order valence-electron chi connectivity index (χ1n) is 11.0. The Morgan fingerprint density at radius 3 is 2.56 bits per heavy atom. The first-order valence-corrected chi connectivity index (χ1v) is 12.8. The lowest BCUT2D eigenvalue weighted by Crippen LogP contribution is -2.31. The second-order valence-electron chi connectivity index (χ2n) is 8.21. The van der Waals surface area contributed by atoms with E-state index in [1.54, 1.807) is 12.4 Å². The van der Waals surface area contributed by atoms with Gasteiger partial charge < -0.3 is 10.6 Å². The summed E-state index contributed by atoms with van der Waals surface area (Å²) in [6.07, 6.45) is 6.57. The molecule has 4 rings (SSSR count). The van der Waals surface area contributed by atoms with Gasteiger partial charge in [0.2, 0.25) is 5.91 Å². The first kappa shape index (κ1) is 26.8. The highest BCUT2D eigenvalue weighted by atomic mass is 35.5. The predicted octanol–water partition coefficient (Wildman–Crippen LogP) is 5.69. The van der Waals surface area contributed by atoms with Crippen molar-refractivity contribution in [1.82, 2.24) is 20.6 Å². The predicted molar refractivity (Wildman–Crippen MR) is 143 cm³/mol. The number of aromatic nitrogens is 2. The summed E-state index contributed by atoms with van der Waals surface area (Å²) in [5, 5.41) is 8.38. The summed E-state index contributed by atoms with van der Waals surface area (Å²) < 4.78 is 0. The SMILES string of the molecule is Cl.O=C(CSc1ncc(-c2ccccc2)cn1)NCC[C@@H]1C[C@@H](Cc2ccc(Cl)c(Cl)c2)CN1. The summed E-state index contributed by atoms with van der Waals surface area (Å²) >= 11 is 13.5. The Labute approximate surface area is 220 Å². The zero-order valence-corrected chi connectivity index (χ0v) is 21.7. The van der Waals surface area contributed by atoms with E-state index in [0.717, 1.165) is 36.9 Å². The van der Waals surface area contributed by atoms with Crippen LogP contribution in [-0.2, 0) is 11.2 Å². The van der Waals surface area contributed by atoms with E-state index in [2.05, 4.69) is 20.6 Å². The standard InChI is InChI=1S/C25H26Cl2N4OS.ClH/c26-22-7-6-17(12-23(22)27)10-18-11-21(29-13-18)8-9-28-24(32)16-33-25-30-14-20(15-31-25)19-4-2-1-3-5-19;/h1-7,12,14-15,18,21,29H,8-11,13,16H2,(H,28,32);1H/t18-,21-;/m1./s1. The summed E-state index contributed by atoms with van der Waals surface area (Å²) in [7, 11) is 0. The maximum absolute atomic E-state index is 12.2. The number of carbonyl (C=O) groups is 1. The number of halogens is 3. The zero-order chi connectivity index (χ0) is 23.0. The molecule has 1 fully saturated rings. The molecule has 180 valence electrons. The molecule has 0 saturated carbocycles. The lowest BCUT2D eigenvalue weighted by Gasteiger charge is -2.12. The molecule has 1 amide bonds. The molecule has 1 saturated heterocycles. The Morgan fingerprint density at radius 1 is 1.06 bits per heavy atom. The Bertz CT molecular complexity index is 1070. The van der Waals surface area contributed by atoms with Crippen molar-refractivity contribution < 1.29 is 4.79 Å². The average molecular weight is 538 g/mol. The van der Waals surface area contributed by atoms with Gasteiger partial charge in [0.15, 0.2) is 5.16 Å². The summed E-state index contributed by atoms with van der Waals surface area (Å²) in [6, 6.07) is 16.3. The van der Waals surface area contributed by atoms with Crippen molar-refractivity contribution in [3.63, 3.8) is 0 Å². The molecule has 1 aliphatic heterocycles. The van der Waals surface area contributed by atoms with Gasteiger partial charge in [0, 0.05) is 30.5 Å². The number of thioether (sulfide) groups is 1. The van der Waals surface area contributed by atoms with E-state index >= 15 is 0 Å². The van der Waals surface area contributed by atoms with Gasteiger partial charge in [-0.25, -0.2) is 9.97 Å². The smallest absolute Gasteiger partial charge is 0.230 e. The number of hydrogen-bond acceptors (Lipinski definition) is 5. The average Bonchev–Trinajstić information content (AvgIpc) is 3.28. The van der Waals surface area contributed by atoms with Crippen LogP contribution >= 0.6 is 47.4 Å². The van der Waals surface area contributed by atoms with Gasteiger partial charge >= 0.3 is 0 Å². The number of nitrogens with one attached hydrogen (secondary N) is 2. The summed E-state index contributed by atoms with van der Waals surface area (Å²) in [5.41, 5.74) is 3.25. The van der Waals surface area contributed by atoms with Crippen molar-refractivity contribution in [2.75, 3.05) is 18.8 Å². The molecule has 2 atom stereocenters.